The average Bonchev–Trinajstić information content (AvgIpc) is 2.81. The standard InChI is InChI=1S/C9H16N2/c1-2-8(10)4-3-7-11-9-5-6-9/h3-4,7-9H,2,5-6,10H2,1H3/b4-3-,11-7?. The Hall–Kier alpha value is -0.630. The number of hydrogen-bond donors (Lipinski definition) is 1. The molecule has 2 heteroatoms. The Morgan fingerprint density at radius 3 is 2.91 bits per heavy atom. The fourth-order valence-corrected chi connectivity index (χ4v) is 0.724. The molecule has 1 unspecified atom stereocenters. The molecular formula is C9H16N2. The van der Waals surface area contributed by atoms with Gasteiger partial charge >= 0.3 is 0 Å². The van der Waals surface area contributed by atoms with Crippen LogP contribution in [0.5, 0.6) is 0 Å². The van der Waals surface area contributed by atoms with Crippen LogP contribution in [0, 0.1) is 0 Å². The lowest BCUT2D eigenvalue weighted by Crippen LogP contribution is -2.14. The number of rotatable bonds is 4. The summed E-state index contributed by atoms with van der Waals surface area (Å²) in [6.07, 6.45) is 9.34. The molecule has 1 aliphatic carbocycles. The lowest BCUT2D eigenvalue weighted by atomic mass is 10.2. The van der Waals surface area contributed by atoms with Gasteiger partial charge in [-0.1, -0.05) is 13.0 Å². The van der Waals surface area contributed by atoms with Crippen LogP contribution in [0.4, 0.5) is 0 Å². The van der Waals surface area contributed by atoms with Gasteiger partial charge in [0.05, 0.1) is 6.04 Å². The molecule has 0 bridgehead atoms. The van der Waals surface area contributed by atoms with E-state index in [0.29, 0.717) is 6.04 Å². The monoisotopic (exact) mass is 152 g/mol. The van der Waals surface area contributed by atoms with E-state index in [1.807, 2.05) is 18.4 Å². The Labute approximate surface area is 68.2 Å². The first-order valence-electron chi connectivity index (χ1n) is 4.28. The van der Waals surface area contributed by atoms with E-state index < -0.39 is 0 Å². The van der Waals surface area contributed by atoms with Gasteiger partial charge in [-0.25, -0.2) is 0 Å². The van der Waals surface area contributed by atoms with E-state index in [4.69, 9.17) is 5.73 Å². The van der Waals surface area contributed by atoms with Crippen LogP contribution >= 0.6 is 0 Å². The molecule has 1 aliphatic rings. The zero-order valence-electron chi connectivity index (χ0n) is 7.03. The van der Waals surface area contributed by atoms with Gasteiger partial charge in [-0.15, -0.1) is 0 Å². The minimum atomic E-state index is 0.195. The van der Waals surface area contributed by atoms with E-state index in [1.54, 1.807) is 0 Å². The Morgan fingerprint density at radius 1 is 1.64 bits per heavy atom. The summed E-state index contributed by atoms with van der Waals surface area (Å²) in [5.74, 6) is 0. The van der Waals surface area contributed by atoms with Crippen LogP contribution in [0.1, 0.15) is 26.2 Å². The second-order valence-corrected chi connectivity index (χ2v) is 2.99. The molecule has 0 saturated heterocycles. The van der Waals surface area contributed by atoms with Gasteiger partial charge in [-0.05, 0) is 25.3 Å². The first-order chi connectivity index (χ1) is 5.33. The Balaban J connectivity index is 2.12. The number of hydrogen-bond acceptors (Lipinski definition) is 2. The van der Waals surface area contributed by atoms with E-state index in [2.05, 4.69) is 11.9 Å². The van der Waals surface area contributed by atoms with Crippen molar-refractivity contribution in [2.75, 3.05) is 0 Å². The van der Waals surface area contributed by atoms with Gasteiger partial charge in [0.25, 0.3) is 0 Å². The molecule has 1 atom stereocenters. The molecule has 0 amide bonds. The highest BCUT2D eigenvalue weighted by Gasteiger charge is 2.18. The second-order valence-electron chi connectivity index (χ2n) is 2.99. The fourth-order valence-electron chi connectivity index (χ4n) is 0.724. The summed E-state index contributed by atoms with van der Waals surface area (Å²) >= 11 is 0. The highest BCUT2D eigenvalue weighted by atomic mass is 14.8. The summed E-state index contributed by atoms with van der Waals surface area (Å²) in [6.45, 7) is 2.08. The van der Waals surface area contributed by atoms with Crippen LogP contribution in [-0.4, -0.2) is 18.3 Å². The Kier molecular flexibility index (Phi) is 3.30. The molecule has 1 saturated carbocycles. The molecule has 1 rings (SSSR count). The number of allylic oxidation sites excluding steroid dienone is 1. The van der Waals surface area contributed by atoms with Gasteiger partial charge in [0.15, 0.2) is 0 Å². The van der Waals surface area contributed by atoms with Crippen LogP contribution in [0.3, 0.4) is 0 Å². The topological polar surface area (TPSA) is 38.4 Å². The van der Waals surface area contributed by atoms with Crippen molar-refractivity contribution in [2.45, 2.75) is 38.3 Å². The van der Waals surface area contributed by atoms with Crippen molar-refractivity contribution in [1.29, 1.82) is 0 Å². The molecule has 0 heterocycles. The summed E-state index contributed by atoms with van der Waals surface area (Å²) in [6, 6.07) is 0.818. The van der Waals surface area contributed by atoms with Crippen molar-refractivity contribution in [3.8, 4) is 0 Å². The molecule has 1 fully saturated rings. The zero-order chi connectivity index (χ0) is 8.10. The molecule has 62 valence electrons. The smallest absolute Gasteiger partial charge is 0.0501 e. The van der Waals surface area contributed by atoms with Gasteiger partial charge in [0.2, 0.25) is 0 Å². The lowest BCUT2D eigenvalue weighted by Gasteiger charge is -1.97. The highest BCUT2D eigenvalue weighted by molar-refractivity contribution is 5.71. The second kappa shape index (κ2) is 4.29. The largest absolute Gasteiger partial charge is 0.324 e. The first kappa shape index (κ1) is 8.47. The SMILES string of the molecule is CCC(N)/C=C\C=NC1CC1. The summed E-state index contributed by atoms with van der Waals surface area (Å²) < 4.78 is 0. The van der Waals surface area contributed by atoms with Crippen molar-refractivity contribution in [2.24, 2.45) is 10.7 Å². The first-order valence-corrected chi connectivity index (χ1v) is 4.28. The number of nitrogens with zero attached hydrogens (tertiary/aromatic N) is 1. The molecule has 0 aromatic carbocycles. The molecule has 0 aromatic heterocycles. The third-order valence-corrected chi connectivity index (χ3v) is 1.76. The molecule has 2 N–H and O–H groups in total. The van der Waals surface area contributed by atoms with Crippen LogP contribution < -0.4 is 5.73 Å². The maximum atomic E-state index is 5.66. The quantitative estimate of drug-likeness (QED) is 0.609. The Morgan fingerprint density at radius 2 is 2.36 bits per heavy atom. The maximum Gasteiger partial charge on any atom is 0.0501 e. The third-order valence-electron chi connectivity index (χ3n) is 1.76. The maximum absolute atomic E-state index is 5.66. The normalized spacial score (nSPS) is 21.6. The van der Waals surface area contributed by atoms with Gasteiger partial charge < -0.3 is 5.73 Å². The van der Waals surface area contributed by atoms with Crippen LogP contribution in [0.15, 0.2) is 17.1 Å². The van der Waals surface area contributed by atoms with E-state index >= 15 is 0 Å². The van der Waals surface area contributed by atoms with Crippen molar-refractivity contribution < 1.29 is 0 Å². The molecule has 0 radical (unpaired) electrons. The molecule has 11 heavy (non-hydrogen) atoms. The summed E-state index contributed by atoms with van der Waals surface area (Å²) in [5, 5.41) is 0. The van der Waals surface area contributed by atoms with Gasteiger partial charge in [0.1, 0.15) is 0 Å². The molecule has 0 spiro atoms. The van der Waals surface area contributed by atoms with Crippen molar-refractivity contribution in [1.82, 2.24) is 0 Å². The van der Waals surface area contributed by atoms with Gasteiger partial charge in [0, 0.05) is 12.3 Å². The average molecular weight is 152 g/mol. The molecule has 0 aromatic rings. The molecule has 0 aliphatic heterocycles. The summed E-state index contributed by atoms with van der Waals surface area (Å²) in [4.78, 5) is 4.27. The third kappa shape index (κ3) is 3.94. The Bertz CT molecular complexity index is 157. The van der Waals surface area contributed by atoms with Gasteiger partial charge in [-0.2, -0.15) is 0 Å². The zero-order valence-corrected chi connectivity index (χ0v) is 7.03. The predicted molar refractivity (Wildman–Crippen MR) is 48.9 cm³/mol. The van der Waals surface area contributed by atoms with E-state index in [1.165, 1.54) is 12.8 Å². The van der Waals surface area contributed by atoms with Crippen LogP contribution in [0.2, 0.25) is 0 Å². The van der Waals surface area contributed by atoms with E-state index in [9.17, 15) is 0 Å². The van der Waals surface area contributed by atoms with Crippen LogP contribution in [0.25, 0.3) is 0 Å². The van der Waals surface area contributed by atoms with Gasteiger partial charge in [-0.3, -0.25) is 4.99 Å². The lowest BCUT2D eigenvalue weighted by molar-refractivity contribution is 0.783. The van der Waals surface area contributed by atoms with E-state index in [-0.39, 0.29) is 6.04 Å². The van der Waals surface area contributed by atoms with Crippen molar-refractivity contribution in [3.05, 3.63) is 12.2 Å². The molecule has 2 nitrogen and oxygen atoms in total. The minimum absolute atomic E-state index is 0.195. The predicted octanol–water partition coefficient (Wildman–Crippen LogP) is 1.51. The van der Waals surface area contributed by atoms with Crippen LogP contribution in [-0.2, 0) is 0 Å². The minimum Gasteiger partial charge on any atom is -0.324 e. The van der Waals surface area contributed by atoms with Crippen molar-refractivity contribution in [3.63, 3.8) is 0 Å². The van der Waals surface area contributed by atoms with E-state index in [0.717, 1.165) is 6.42 Å². The number of nitrogens with two attached hydrogens (primary N) is 1. The van der Waals surface area contributed by atoms with Crippen molar-refractivity contribution >= 4 is 6.21 Å². The number of aliphatic imine (C=N–C) groups is 1. The summed E-state index contributed by atoms with van der Waals surface area (Å²) in [5.41, 5.74) is 5.66. The summed E-state index contributed by atoms with van der Waals surface area (Å²) in [7, 11) is 0. The molecular weight excluding hydrogens is 136 g/mol. The highest BCUT2D eigenvalue weighted by Crippen LogP contribution is 2.22. The fraction of sp³-hybridized carbons (Fsp3) is 0.667.